The molecule has 48 heavy (non-hydrogen) atoms. The maximum atomic E-state index is 13.8. The SMILES string of the molecule is CC(=O)O[C@@H]1[C@@H]2[C@@H](OC(=O)c3cccnc3)[C@@]3(OC2(C)C)[C@@](C)([C@@H](OC(=O)c2ccccc2)CC[C@@]3(C)O)[C@@H]1OC(=O)c1ccccc1. The molecule has 1 N–H and O–H groups in total. The Balaban J connectivity index is 1.56. The molecule has 2 aliphatic carbocycles. The summed E-state index contributed by atoms with van der Waals surface area (Å²) in [5.74, 6) is -3.76. The molecule has 2 bridgehead atoms. The number of fused-ring (bicyclic) bond motifs is 1. The van der Waals surface area contributed by atoms with E-state index < -0.39 is 76.4 Å². The van der Waals surface area contributed by atoms with Crippen LogP contribution in [0.2, 0.25) is 0 Å². The number of rotatable bonds is 7. The Morgan fingerprint density at radius 1 is 0.750 bits per heavy atom. The highest BCUT2D eigenvalue weighted by atomic mass is 16.6. The summed E-state index contributed by atoms with van der Waals surface area (Å²) in [5, 5.41) is 12.5. The van der Waals surface area contributed by atoms with Crippen molar-refractivity contribution in [3.63, 3.8) is 0 Å². The zero-order valence-electron chi connectivity index (χ0n) is 27.5. The molecule has 1 spiro atoms. The van der Waals surface area contributed by atoms with Gasteiger partial charge in [-0.15, -0.1) is 0 Å². The molecule has 1 aromatic heterocycles. The maximum Gasteiger partial charge on any atom is 0.340 e. The van der Waals surface area contributed by atoms with Crippen molar-refractivity contribution in [2.75, 3.05) is 0 Å². The van der Waals surface area contributed by atoms with E-state index in [1.54, 1.807) is 100 Å². The topological polar surface area (TPSA) is 148 Å². The predicted molar refractivity (Wildman–Crippen MR) is 170 cm³/mol. The number of hydrogen-bond donors (Lipinski definition) is 1. The Hall–Kier alpha value is -4.61. The van der Waals surface area contributed by atoms with Crippen LogP contribution in [0.15, 0.2) is 85.2 Å². The van der Waals surface area contributed by atoms with E-state index in [2.05, 4.69) is 4.98 Å². The second-order valence-electron chi connectivity index (χ2n) is 13.7. The van der Waals surface area contributed by atoms with Crippen LogP contribution in [0, 0.1) is 11.3 Å². The average Bonchev–Trinajstić information content (AvgIpc) is 3.28. The van der Waals surface area contributed by atoms with Crippen LogP contribution in [0.5, 0.6) is 0 Å². The lowest BCUT2D eigenvalue weighted by atomic mass is 9.47. The van der Waals surface area contributed by atoms with E-state index in [9.17, 15) is 24.3 Å². The normalized spacial score (nSPS) is 33.1. The zero-order chi connectivity index (χ0) is 34.5. The van der Waals surface area contributed by atoms with E-state index in [-0.39, 0.29) is 29.5 Å². The molecule has 3 fully saturated rings. The lowest BCUT2D eigenvalue weighted by Crippen LogP contribution is -2.81. The van der Waals surface area contributed by atoms with Crippen LogP contribution in [0.3, 0.4) is 0 Å². The van der Waals surface area contributed by atoms with Gasteiger partial charge >= 0.3 is 23.9 Å². The summed E-state index contributed by atoms with van der Waals surface area (Å²) in [6.07, 6.45) is -1.89. The van der Waals surface area contributed by atoms with Crippen molar-refractivity contribution in [1.82, 2.24) is 4.98 Å². The highest BCUT2D eigenvalue weighted by Crippen LogP contribution is 2.69. The van der Waals surface area contributed by atoms with Gasteiger partial charge in [0.1, 0.15) is 23.9 Å². The third kappa shape index (κ3) is 5.25. The molecule has 2 saturated carbocycles. The zero-order valence-corrected chi connectivity index (χ0v) is 27.5. The molecule has 0 unspecified atom stereocenters. The first-order chi connectivity index (χ1) is 22.7. The molecule has 3 aliphatic rings. The molecule has 2 heterocycles. The fourth-order valence-corrected chi connectivity index (χ4v) is 8.25. The van der Waals surface area contributed by atoms with Crippen LogP contribution in [0.25, 0.3) is 0 Å². The van der Waals surface area contributed by atoms with E-state index in [4.69, 9.17) is 23.7 Å². The summed E-state index contributed by atoms with van der Waals surface area (Å²) in [7, 11) is 0. The molecule has 3 aromatic rings. The lowest BCUT2D eigenvalue weighted by molar-refractivity contribution is -0.333. The molecule has 8 atom stereocenters. The van der Waals surface area contributed by atoms with E-state index in [0.717, 1.165) is 0 Å². The first-order valence-corrected chi connectivity index (χ1v) is 16.0. The molecule has 11 nitrogen and oxygen atoms in total. The van der Waals surface area contributed by atoms with Crippen LogP contribution >= 0.6 is 0 Å². The monoisotopic (exact) mass is 657 g/mol. The number of pyridine rings is 1. The fraction of sp³-hybridized carbons (Fsp3) is 0.432. The van der Waals surface area contributed by atoms with Gasteiger partial charge in [0.2, 0.25) is 0 Å². The van der Waals surface area contributed by atoms with Crippen molar-refractivity contribution in [1.29, 1.82) is 0 Å². The van der Waals surface area contributed by atoms with Crippen molar-refractivity contribution < 1.29 is 48.0 Å². The number of nitrogens with zero attached hydrogens (tertiary/aromatic N) is 1. The van der Waals surface area contributed by atoms with Gasteiger partial charge in [-0.1, -0.05) is 36.4 Å². The second kappa shape index (κ2) is 12.1. The summed E-state index contributed by atoms with van der Waals surface area (Å²) < 4.78 is 31.9. The third-order valence-electron chi connectivity index (χ3n) is 10.3. The number of esters is 4. The third-order valence-corrected chi connectivity index (χ3v) is 10.3. The van der Waals surface area contributed by atoms with Crippen LogP contribution in [-0.4, -0.2) is 75.2 Å². The smallest absolute Gasteiger partial charge is 0.340 e. The number of carbonyl (C=O) groups is 4. The number of hydrogen-bond acceptors (Lipinski definition) is 11. The number of aromatic nitrogens is 1. The molecule has 11 heteroatoms. The Labute approximate surface area is 278 Å². The van der Waals surface area contributed by atoms with Gasteiger partial charge in [-0.25, -0.2) is 14.4 Å². The average molecular weight is 658 g/mol. The molecule has 6 rings (SSSR count). The summed E-state index contributed by atoms with van der Waals surface area (Å²) in [5.41, 5.74) is -5.81. The van der Waals surface area contributed by atoms with Crippen molar-refractivity contribution in [3.8, 4) is 0 Å². The minimum atomic E-state index is -1.84. The molecular formula is C37H39NO10. The van der Waals surface area contributed by atoms with Crippen molar-refractivity contribution in [3.05, 3.63) is 102 Å². The van der Waals surface area contributed by atoms with Crippen LogP contribution in [0.4, 0.5) is 0 Å². The Kier molecular flexibility index (Phi) is 8.41. The Morgan fingerprint density at radius 3 is 1.85 bits per heavy atom. The molecule has 0 radical (unpaired) electrons. The maximum absolute atomic E-state index is 13.8. The largest absolute Gasteiger partial charge is 0.458 e. The number of aliphatic hydroxyl groups is 1. The minimum absolute atomic E-state index is 0.0661. The molecule has 1 aliphatic heterocycles. The van der Waals surface area contributed by atoms with Gasteiger partial charge in [0, 0.05) is 19.3 Å². The lowest BCUT2D eigenvalue weighted by Gasteiger charge is -2.65. The van der Waals surface area contributed by atoms with Crippen molar-refractivity contribution >= 4 is 23.9 Å². The van der Waals surface area contributed by atoms with Crippen LogP contribution in [0.1, 0.15) is 78.5 Å². The minimum Gasteiger partial charge on any atom is -0.458 e. The number of benzene rings is 2. The fourth-order valence-electron chi connectivity index (χ4n) is 8.25. The van der Waals surface area contributed by atoms with Gasteiger partial charge in [0.15, 0.2) is 6.10 Å². The van der Waals surface area contributed by atoms with Gasteiger partial charge in [-0.3, -0.25) is 9.78 Å². The van der Waals surface area contributed by atoms with E-state index in [0.29, 0.717) is 0 Å². The van der Waals surface area contributed by atoms with Crippen molar-refractivity contribution in [2.24, 2.45) is 11.3 Å². The predicted octanol–water partition coefficient (Wildman–Crippen LogP) is 4.72. The van der Waals surface area contributed by atoms with Gasteiger partial charge in [0.25, 0.3) is 0 Å². The quantitative estimate of drug-likeness (QED) is 0.278. The summed E-state index contributed by atoms with van der Waals surface area (Å²) >= 11 is 0. The van der Waals surface area contributed by atoms with Gasteiger partial charge in [-0.05, 0) is 76.9 Å². The molecular weight excluding hydrogens is 618 g/mol. The summed E-state index contributed by atoms with van der Waals surface area (Å²) in [6, 6.07) is 19.8. The van der Waals surface area contributed by atoms with Crippen LogP contribution < -0.4 is 0 Å². The number of carbonyl (C=O) groups excluding carboxylic acids is 4. The van der Waals surface area contributed by atoms with E-state index >= 15 is 0 Å². The Morgan fingerprint density at radius 2 is 1.29 bits per heavy atom. The summed E-state index contributed by atoms with van der Waals surface area (Å²) in [6.45, 7) is 7.96. The summed E-state index contributed by atoms with van der Waals surface area (Å²) in [4.78, 5) is 58.1. The van der Waals surface area contributed by atoms with E-state index in [1.807, 2.05) is 0 Å². The highest BCUT2D eigenvalue weighted by Gasteiger charge is 2.85. The number of ether oxygens (including phenoxy) is 5. The van der Waals surface area contributed by atoms with Crippen molar-refractivity contribution in [2.45, 2.75) is 88.7 Å². The van der Waals surface area contributed by atoms with Gasteiger partial charge in [0.05, 0.1) is 39.2 Å². The Bertz CT molecular complexity index is 1690. The highest BCUT2D eigenvalue weighted by molar-refractivity contribution is 5.91. The molecule has 2 aromatic carbocycles. The first-order valence-electron chi connectivity index (χ1n) is 16.0. The molecule has 1 saturated heterocycles. The second-order valence-corrected chi connectivity index (χ2v) is 13.7. The van der Waals surface area contributed by atoms with E-state index in [1.165, 1.54) is 19.3 Å². The standard InChI is InChI=1S/C37H39NO10/c1-22(39)44-28-27-29(46-33(42)25-17-12-20-38-21-25)37(48-34(27,2)3)35(4,43)19-18-26(45-31(40)23-13-8-6-9-14-23)36(37,5)30(28)47-32(41)24-15-10-7-11-16-24/h6-17,20-21,26-30,43H,18-19H2,1-5H3/t26-,27+,28+,29+,30+,35+,36-,37-/m0/s1. The van der Waals surface area contributed by atoms with Gasteiger partial charge in [-0.2, -0.15) is 0 Å². The van der Waals surface area contributed by atoms with Crippen LogP contribution in [-0.2, 0) is 28.5 Å². The first kappa shape index (κ1) is 33.3. The molecule has 252 valence electrons. The molecule has 0 amide bonds. The van der Waals surface area contributed by atoms with Gasteiger partial charge < -0.3 is 28.8 Å².